The van der Waals surface area contributed by atoms with Crippen LogP contribution in [-0.2, 0) is 11.3 Å². The summed E-state index contributed by atoms with van der Waals surface area (Å²) >= 11 is 0. The topological polar surface area (TPSA) is 99.9 Å². The predicted molar refractivity (Wildman–Crippen MR) is 106 cm³/mol. The smallest absolute Gasteiger partial charge is 0.269 e. The van der Waals surface area contributed by atoms with Crippen molar-refractivity contribution in [1.29, 1.82) is 0 Å². The number of nitrogens with one attached hydrogen (secondary N) is 2. The van der Waals surface area contributed by atoms with Crippen molar-refractivity contribution in [3.05, 3.63) is 39.9 Å². The van der Waals surface area contributed by atoms with Gasteiger partial charge in [0.05, 0.1) is 11.5 Å². The van der Waals surface area contributed by atoms with Crippen LogP contribution >= 0.6 is 0 Å². The molecule has 0 saturated carbocycles. The Morgan fingerprint density at radius 3 is 2.70 bits per heavy atom. The number of nitro groups is 1. The fourth-order valence-electron chi connectivity index (χ4n) is 2.99. The molecule has 0 bridgehead atoms. The van der Waals surface area contributed by atoms with Gasteiger partial charge in [-0.2, -0.15) is 0 Å². The van der Waals surface area contributed by atoms with Crippen molar-refractivity contribution >= 4 is 17.6 Å². The summed E-state index contributed by atoms with van der Waals surface area (Å²) in [5.41, 5.74) is 0.990. The zero-order valence-corrected chi connectivity index (χ0v) is 15.9. The third kappa shape index (κ3) is 7.24. The van der Waals surface area contributed by atoms with E-state index >= 15 is 0 Å². The number of rotatable bonds is 8. The first kappa shape index (κ1) is 20.7. The number of nitro benzene ring substituents is 1. The van der Waals surface area contributed by atoms with Crippen molar-refractivity contribution in [2.45, 2.75) is 45.6 Å². The molecule has 0 aromatic heterocycles. The van der Waals surface area contributed by atoms with E-state index in [9.17, 15) is 14.9 Å². The molecule has 2 rings (SSSR count). The quantitative estimate of drug-likeness (QED) is 0.239. The molecule has 0 radical (unpaired) electrons. The fourth-order valence-corrected chi connectivity index (χ4v) is 2.99. The van der Waals surface area contributed by atoms with Gasteiger partial charge >= 0.3 is 0 Å². The molecular weight excluding hydrogens is 346 g/mol. The van der Waals surface area contributed by atoms with Crippen LogP contribution in [0.15, 0.2) is 29.3 Å². The monoisotopic (exact) mass is 375 g/mol. The molecule has 27 heavy (non-hydrogen) atoms. The number of benzene rings is 1. The second-order valence-electron chi connectivity index (χ2n) is 6.59. The molecular formula is C19H29N5O3. The average molecular weight is 375 g/mol. The van der Waals surface area contributed by atoms with Gasteiger partial charge in [-0.15, -0.1) is 0 Å². The Balaban J connectivity index is 1.79. The SMILES string of the molecule is CCNC(=NCc1ccc([N+](=O)[O-])cc1)NCCCN1CCCCCC1=O. The van der Waals surface area contributed by atoms with Gasteiger partial charge in [-0.05, 0) is 31.7 Å². The van der Waals surface area contributed by atoms with Crippen LogP contribution in [0.2, 0.25) is 0 Å². The molecule has 1 aliphatic heterocycles. The van der Waals surface area contributed by atoms with Gasteiger partial charge in [0.2, 0.25) is 5.91 Å². The van der Waals surface area contributed by atoms with Gasteiger partial charge in [0.15, 0.2) is 5.96 Å². The fraction of sp³-hybridized carbons (Fsp3) is 0.579. The van der Waals surface area contributed by atoms with E-state index in [-0.39, 0.29) is 11.6 Å². The van der Waals surface area contributed by atoms with Crippen LogP contribution < -0.4 is 10.6 Å². The molecule has 1 heterocycles. The molecule has 1 aliphatic rings. The first-order valence-electron chi connectivity index (χ1n) is 9.63. The number of carbonyl (C=O) groups is 1. The Morgan fingerprint density at radius 2 is 2.00 bits per heavy atom. The molecule has 0 unspecified atom stereocenters. The minimum Gasteiger partial charge on any atom is -0.357 e. The van der Waals surface area contributed by atoms with Crippen molar-refractivity contribution < 1.29 is 9.72 Å². The summed E-state index contributed by atoms with van der Waals surface area (Å²) in [5, 5.41) is 17.2. The van der Waals surface area contributed by atoms with E-state index in [0.29, 0.717) is 18.9 Å². The number of hydrogen-bond donors (Lipinski definition) is 2. The van der Waals surface area contributed by atoms with E-state index in [2.05, 4.69) is 15.6 Å². The molecule has 1 amide bonds. The van der Waals surface area contributed by atoms with Crippen molar-refractivity contribution in [2.24, 2.45) is 4.99 Å². The Bertz CT molecular complexity index is 645. The zero-order chi connectivity index (χ0) is 19.5. The molecule has 148 valence electrons. The lowest BCUT2D eigenvalue weighted by molar-refractivity contribution is -0.384. The highest BCUT2D eigenvalue weighted by atomic mass is 16.6. The van der Waals surface area contributed by atoms with Crippen molar-refractivity contribution in [3.8, 4) is 0 Å². The highest BCUT2D eigenvalue weighted by molar-refractivity contribution is 5.79. The first-order valence-corrected chi connectivity index (χ1v) is 9.63. The normalized spacial score (nSPS) is 15.4. The van der Waals surface area contributed by atoms with E-state index in [4.69, 9.17) is 0 Å². The minimum atomic E-state index is -0.409. The van der Waals surface area contributed by atoms with Crippen LogP contribution in [-0.4, -0.2) is 47.9 Å². The van der Waals surface area contributed by atoms with Gasteiger partial charge in [0.1, 0.15) is 0 Å². The average Bonchev–Trinajstić information content (AvgIpc) is 2.87. The maximum atomic E-state index is 12.0. The summed E-state index contributed by atoms with van der Waals surface area (Å²) in [6.45, 7) is 5.56. The molecule has 0 atom stereocenters. The van der Waals surface area contributed by atoms with Crippen LogP contribution in [0.1, 0.15) is 44.6 Å². The molecule has 0 spiro atoms. The summed E-state index contributed by atoms with van der Waals surface area (Å²) in [5.74, 6) is 0.976. The molecule has 1 aromatic carbocycles. The largest absolute Gasteiger partial charge is 0.357 e. The lowest BCUT2D eigenvalue weighted by atomic mass is 10.2. The maximum absolute atomic E-state index is 12.0. The standard InChI is InChI=1S/C19H29N5O3/c1-2-20-19(22-15-16-8-10-17(11-9-16)24(26)27)21-12-6-14-23-13-5-3-4-7-18(23)25/h8-11H,2-7,12-15H2,1H3,(H2,20,21,22). The molecule has 2 N–H and O–H groups in total. The Labute approximate surface area is 160 Å². The van der Waals surface area contributed by atoms with Crippen LogP contribution in [0.4, 0.5) is 5.69 Å². The third-order valence-electron chi connectivity index (χ3n) is 4.48. The molecule has 1 fully saturated rings. The third-order valence-corrected chi connectivity index (χ3v) is 4.48. The van der Waals surface area contributed by atoms with E-state index in [1.807, 2.05) is 11.8 Å². The van der Waals surface area contributed by atoms with Crippen molar-refractivity contribution in [3.63, 3.8) is 0 Å². The highest BCUT2D eigenvalue weighted by Crippen LogP contribution is 2.13. The zero-order valence-electron chi connectivity index (χ0n) is 15.9. The Kier molecular flexibility index (Phi) is 8.54. The van der Waals surface area contributed by atoms with Gasteiger partial charge in [-0.3, -0.25) is 14.9 Å². The number of carbonyl (C=O) groups excluding carboxylic acids is 1. The van der Waals surface area contributed by atoms with Gasteiger partial charge in [0.25, 0.3) is 5.69 Å². The first-order chi connectivity index (χ1) is 13.1. The van der Waals surface area contributed by atoms with E-state index in [1.165, 1.54) is 12.1 Å². The summed E-state index contributed by atoms with van der Waals surface area (Å²) in [7, 11) is 0. The lowest BCUT2D eigenvalue weighted by Crippen LogP contribution is -2.39. The minimum absolute atomic E-state index is 0.0795. The summed E-state index contributed by atoms with van der Waals surface area (Å²) < 4.78 is 0. The number of likely N-dealkylation sites (tertiary alicyclic amines) is 1. The summed E-state index contributed by atoms with van der Waals surface area (Å²) in [6.07, 6.45) is 4.78. The molecule has 8 heteroatoms. The number of nitrogens with zero attached hydrogens (tertiary/aromatic N) is 3. The second kappa shape index (κ2) is 11.2. The number of amides is 1. The predicted octanol–water partition coefficient (Wildman–Crippen LogP) is 2.44. The maximum Gasteiger partial charge on any atom is 0.269 e. The molecule has 1 saturated heterocycles. The number of hydrogen-bond acceptors (Lipinski definition) is 4. The van der Waals surface area contributed by atoms with E-state index in [1.54, 1.807) is 12.1 Å². The number of guanidine groups is 1. The number of non-ortho nitro benzene ring substituents is 1. The summed E-state index contributed by atoms with van der Waals surface area (Å²) in [4.78, 5) is 28.8. The highest BCUT2D eigenvalue weighted by Gasteiger charge is 2.15. The van der Waals surface area contributed by atoms with Gasteiger partial charge in [-0.25, -0.2) is 4.99 Å². The number of aliphatic imine (C=N–C) groups is 1. The molecule has 8 nitrogen and oxygen atoms in total. The Morgan fingerprint density at radius 1 is 1.22 bits per heavy atom. The van der Waals surface area contributed by atoms with Gasteiger partial charge in [-0.1, -0.05) is 18.6 Å². The van der Waals surface area contributed by atoms with Crippen molar-refractivity contribution in [2.75, 3.05) is 26.2 Å². The molecule has 0 aliphatic carbocycles. The van der Waals surface area contributed by atoms with E-state index in [0.717, 1.165) is 57.4 Å². The second-order valence-corrected chi connectivity index (χ2v) is 6.59. The van der Waals surface area contributed by atoms with Gasteiger partial charge in [0, 0.05) is 44.7 Å². The van der Waals surface area contributed by atoms with Gasteiger partial charge < -0.3 is 15.5 Å². The van der Waals surface area contributed by atoms with Crippen LogP contribution in [0, 0.1) is 10.1 Å². The van der Waals surface area contributed by atoms with Crippen LogP contribution in [0.3, 0.4) is 0 Å². The Hall–Kier alpha value is -2.64. The lowest BCUT2D eigenvalue weighted by Gasteiger charge is -2.20. The molecule has 1 aromatic rings. The van der Waals surface area contributed by atoms with E-state index < -0.39 is 4.92 Å². The van der Waals surface area contributed by atoms with Crippen LogP contribution in [0.25, 0.3) is 0 Å². The summed E-state index contributed by atoms with van der Waals surface area (Å²) in [6, 6.07) is 6.42. The van der Waals surface area contributed by atoms with Crippen LogP contribution in [0.5, 0.6) is 0 Å². The van der Waals surface area contributed by atoms with Crippen molar-refractivity contribution in [1.82, 2.24) is 15.5 Å².